The summed E-state index contributed by atoms with van der Waals surface area (Å²) < 4.78 is 0. The number of halogens is 5. The molecule has 6 heteroatoms. The molecule has 0 nitrogen and oxygen atoms in total. The van der Waals surface area contributed by atoms with E-state index < -0.39 is 0 Å². The molecule has 0 spiro atoms. The fourth-order valence-electron chi connectivity index (χ4n) is 0. The van der Waals surface area contributed by atoms with E-state index in [4.69, 9.17) is 0 Å². The predicted octanol–water partition coefficient (Wildman–Crippen LogP) is 2.11. The SMILES string of the molecule is Cl.Cl.Cl.Cl.Cl.[Ta]. The van der Waals surface area contributed by atoms with Gasteiger partial charge < -0.3 is 0 Å². The Balaban J connectivity index is 0. The van der Waals surface area contributed by atoms with E-state index in [2.05, 4.69) is 0 Å². The van der Waals surface area contributed by atoms with E-state index in [0.29, 0.717) is 0 Å². The van der Waals surface area contributed by atoms with Gasteiger partial charge in [-0.25, -0.2) is 0 Å². The second-order valence-corrected chi connectivity index (χ2v) is 0. The van der Waals surface area contributed by atoms with Crippen molar-refractivity contribution in [2.45, 2.75) is 0 Å². The van der Waals surface area contributed by atoms with Gasteiger partial charge in [0.05, 0.1) is 0 Å². The van der Waals surface area contributed by atoms with Crippen LogP contribution in [0.15, 0.2) is 0 Å². The summed E-state index contributed by atoms with van der Waals surface area (Å²) in [6, 6.07) is 0. The predicted molar refractivity (Wildman–Crippen MR) is 36.2 cm³/mol. The molecule has 1 radical (unpaired) electrons. The Bertz CT molecular complexity index is 3.90. The summed E-state index contributed by atoms with van der Waals surface area (Å²) in [5.41, 5.74) is 0. The first-order chi connectivity index (χ1) is 0. The first-order valence-electron chi connectivity index (χ1n) is 0. The van der Waals surface area contributed by atoms with Crippen molar-refractivity contribution in [1.82, 2.24) is 0 Å². The summed E-state index contributed by atoms with van der Waals surface area (Å²) >= 11 is 0. The van der Waals surface area contributed by atoms with Crippen molar-refractivity contribution in [3.63, 3.8) is 0 Å². The molecule has 0 aromatic rings. The van der Waals surface area contributed by atoms with E-state index in [1.807, 2.05) is 0 Å². The van der Waals surface area contributed by atoms with Crippen molar-refractivity contribution in [3.05, 3.63) is 0 Å². The number of hydrogen-bond acceptors (Lipinski definition) is 0. The van der Waals surface area contributed by atoms with E-state index >= 15 is 0 Å². The molecule has 0 rings (SSSR count). The maximum absolute atomic E-state index is 0. The second-order valence-electron chi connectivity index (χ2n) is 0. The smallest absolute Gasteiger partial charge is 0 e. The van der Waals surface area contributed by atoms with Gasteiger partial charge in [0.2, 0.25) is 0 Å². The normalized spacial score (nSPS) is 0. The molecule has 0 atom stereocenters. The topological polar surface area (TPSA) is 0 Å². The third-order valence-corrected chi connectivity index (χ3v) is 0. The standard InChI is InChI=1S/5ClH.Ta/h5*1H;. The Morgan fingerprint density at radius 1 is 0.333 bits per heavy atom. The van der Waals surface area contributed by atoms with E-state index in [9.17, 15) is 0 Å². The summed E-state index contributed by atoms with van der Waals surface area (Å²) in [7, 11) is 0. The average Bonchev–Trinajstić information content (AvgIpc) is 0. The van der Waals surface area contributed by atoms with Gasteiger partial charge in [-0.3, -0.25) is 0 Å². The molecule has 0 aromatic carbocycles. The summed E-state index contributed by atoms with van der Waals surface area (Å²) in [5.74, 6) is 0. The quantitative estimate of drug-likeness (QED) is 0.619. The molecule has 0 saturated carbocycles. The second kappa shape index (κ2) is 57.4. The van der Waals surface area contributed by atoms with Gasteiger partial charge in [0.25, 0.3) is 0 Å². The Morgan fingerprint density at radius 2 is 0.333 bits per heavy atom. The van der Waals surface area contributed by atoms with Crippen LogP contribution in [0.3, 0.4) is 0 Å². The Labute approximate surface area is 83.8 Å². The molecule has 0 amide bonds. The van der Waals surface area contributed by atoms with Crippen molar-refractivity contribution in [1.29, 1.82) is 0 Å². The van der Waals surface area contributed by atoms with Crippen LogP contribution in [0.5, 0.6) is 0 Å². The minimum absolute atomic E-state index is 0. The van der Waals surface area contributed by atoms with Gasteiger partial charge in [0, 0.05) is 22.4 Å². The molecule has 45 valence electrons. The largest absolute Gasteiger partial charge is 0.147 e. The molecule has 0 heterocycles. The first kappa shape index (κ1) is 88.3. The van der Waals surface area contributed by atoms with Crippen LogP contribution in [0.1, 0.15) is 0 Å². The van der Waals surface area contributed by atoms with Crippen LogP contribution in [0.25, 0.3) is 0 Å². The minimum atomic E-state index is 0. The first-order valence-corrected chi connectivity index (χ1v) is 0. The zero-order valence-corrected chi connectivity index (χ0v) is 9.78. The molecular formula is H5Cl5Ta. The van der Waals surface area contributed by atoms with Crippen molar-refractivity contribution in [2.75, 3.05) is 0 Å². The Morgan fingerprint density at radius 3 is 0.333 bits per heavy atom. The van der Waals surface area contributed by atoms with Gasteiger partial charge in [-0.1, -0.05) is 0 Å². The van der Waals surface area contributed by atoms with Gasteiger partial charge >= 0.3 is 0 Å². The van der Waals surface area contributed by atoms with Crippen molar-refractivity contribution >= 4 is 62.0 Å². The molecule has 0 unspecified atom stereocenters. The van der Waals surface area contributed by atoms with Crippen LogP contribution in [0.4, 0.5) is 0 Å². The molecular weight excluding hydrogens is 358 g/mol. The van der Waals surface area contributed by atoms with Gasteiger partial charge in [-0.2, -0.15) is 0 Å². The molecule has 0 aliphatic heterocycles. The van der Waals surface area contributed by atoms with Crippen LogP contribution in [-0.2, 0) is 22.4 Å². The molecule has 0 aliphatic rings. The van der Waals surface area contributed by atoms with Crippen LogP contribution < -0.4 is 0 Å². The van der Waals surface area contributed by atoms with Gasteiger partial charge in [-0.05, 0) is 0 Å². The monoisotopic (exact) mass is 361 g/mol. The van der Waals surface area contributed by atoms with Crippen molar-refractivity contribution in [2.24, 2.45) is 0 Å². The molecule has 0 N–H and O–H groups in total. The van der Waals surface area contributed by atoms with Crippen molar-refractivity contribution in [3.8, 4) is 0 Å². The summed E-state index contributed by atoms with van der Waals surface area (Å²) in [6.45, 7) is 0. The van der Waals surface area contributed by atoms with Crippen LogP contribution in [0.2, 0.25) is 0 Å². The Kier molecular flexibility index (Phi) is 845. The molecule has 0 bridgehead atoms. The zero-order chi connectivity index (χ0) is 0. The number of hydrogen-bond donors (Lipinski definition) is 0. The summed E-state index contributed by atoms with van der Waals surface area (Å²) in [6.07, 6.45) is 0. The van der Waals surface area contributed by atoms with Crippen LogP contribution in [0, 0.1) is 0 Å². The Hall–Kier alpha value is 2.19. The van der Waals surface area contributed by atoms with Gasteiger partial charge in [-0.15, -0.1) is 62.0 Å². The molecule has 0 aromatic heterocycles. The summed E-state index contributed by atoms with van der Waals surface area (Å²) in [5, 5.41) is 0. The molecule has 0 saturated heterocycles. The zero-order valence-electron chi connectivity index (χ0n) is 2.49. The van der Waals surface area contributed by atoms with Gasteiger partial charge in [0.1, 0.15) is 0 Å². The maximum atomic E-state index is 0. The third kappa shape index (κ3) is 34.8. The fraction of sp³-hybridized carbons (Fsp3) is 0. The average molecular weight is 363 g/mol. The molecule has 0 aliphatic carbocycles. The minimum Gasteiger partial charge on any atom is -0.147 e. The van der Waals surface area contributed by atoms with Crippen LogP contribution >= 0.6 is 62.0 Å². The third-order valence-electron chi connectivity index (χ3n) is 0. The number of rotatable bonds is 0. The molecule has 0 fully saturated rings. The van der Waals surface area contributed by atoms with E-state index in [1.54, 1.807) is 0 Å². The fourth-order valence-corrected chi connectivity index (χ4v) is 0. The van der Waals surface area contributed by atoms with Gasteiger partial charge in [0.15, 0.2) is 0 Å². The van der Waals surface area contributed by atoms with E-state index in [-0.39, 0.29) is 84.4 Å². The van der Waals surface area contributed by atoms with E-state index in [1.165, 1.54) is 0 Å². The van der Waals surface area contributed by atoms with Crippen molar-refractivity contribution < 1.29 is 22.4 Å². The molecule has 6 heavy (non-hydrogen) atoms. The summed E-state index contributed by atoms with van der Waals surface area (Å²) in [4.78, 5) is 0. The van der Waals surface area contributed by atoms with Crippen LogP contribution in [-0.4, -0.2) is 0 Å². The maximum Gasteiger partial charge on any atom is 0 e. The van der Waals surface area contributed by atoms with E-state index in [0.717, 1.165) is 0 Å².